The Balaban J connectivity index is 2.23. The SMILES string of the molecule is COCCNC(=O)Cn1c(N)nc2cc(F)c(Cl)cc21. The second kappa shape index (κ2) is 6.06. The number of anilines is 1. The third-order valence-electron chi connectivity index (χ3n) is 2.75. The van der Waals surface area contributed by atoms with E-state index in [1.54, 1.807) is 7.11 Å². The number of carbonyl (C=O) groups is 1. The first-order chi connectivity index (χ1) is 9.52. The summed E-state index contributed by atoms with van der Waals surface area (Å²) in [6.45, 7) is 0.800. The number of hydrogen-bond acceptors (Lipinski definition) is 4. The van der Waals surface area contributed by atoms with Gasteiger partial charge in [0.1, 0.15) is 12.4 Å². The topological polar surface area (TPSA) is 82.2 Å². The van der Waals surface area contributed by atoms with Crippen LogP contribution in [0.25, 0.3) is 11.0 Å². The highest BCUT2D eigenvalue weighted by Crippen LogP contribution is 2.24. The minimum Gasteiger partial charge on any atom is -0.383 e. The van der Waals surface area contributed by atoms with Gasteiger partial charge in [0.15, 0.2) is 0 Å². The highest BCUT2D eigenvalue weighted by molar-refractivity contribution is 6.31. The van der Waals surface area contributed by atoms with Crippen LogP contribution in [-0.2, 0) is 16.1 Å². The van der Waals surface area contributed by atoms with Gasteiger partial charge in [-0.3, -0.25) is 4.79 Å². The zero-order valence-electron chi connectivity index (χ0n) is 10.8. The zero-order chi connectivity index (χ0) is 14.7. The summed E-state index contributed by atoms with van der Waals surface area (Å²) in [7, 11) is 1.55. The molecule has 0 radical (unpaired) electrons. The molecule has 1 amide bonds. The number of amides is 1. The van der Waals surface area contributed by atoms with Crippen molar-refractivity contribution in [3.8, 4) is 0 Å². The van der Waals surface area contributed by atoms with Crippen LogP contribution in [0.2, 0.25) is 5.02 Å². The van der Waals surface area contributed by atoms with Crippen molar-refractivity contribution in [2.24, 2.45) is 0 Å². The first kappa shape index (κ1) is 14.5. The van der Waals surface area contributed by atoms with Crippen molar-refractivity contribution < 1.29 is 13.9 Å². The number of imidazole rings is 1. The Morgan fingerprint density at radius 1 is 1.60 bits per heavy atom. The van der Waals surface area contributed by atoms with E-state index in [0.717, 1.165) is 0 Å². The van der Waals surface area contributed by atoms with E-state index in [1.807, 2.05) is 0 Å². The average Bonchev–Trinajstić information content (AvgIpc) is 2.67. The van der Waals surface area contributed by atoms with Gasteiger partial charge in [-0.1, -0.05) is 11.6 Å². The van der Waals surface area contributed by atoms with Crippen LogP contribution in [0.1, 0.15) is 0 Å². The fraction of sp³-hybridized carbons (Fsp3) is 0.333. The molecule has 1 heterocycles. The van der Waals surface area contributed by atoms with E-state index in [1.165, 1.54) is 16.7 Å². The molecule has 8 heteroatoms. The molecule has 1 aromatic heterocycles. The summed E-state index contributed by atoms with van der Waals surface area (Å²) < 4.78 is 19.7. The van der Waals surface area contributed by atoms with Crippen molar-refractivity contribution >= 4 is 34.5 Å². The zero-order valence-corrected chi connectivity index (χ0v) is 11.6. The van der Waals surface area contributed by atoms with E-state index in [2.05, 4.69) is 10.3 Å². The Morgan fingerprint density at radius 2 is 2.35 bits per heavy atom. The number of carbonyl (C=O) groups excluding carboxylic acids is 1. The monoisotopic (exact) mass is 300 g/mol. The number of aromatic nitrogens is 2. The quantitative estimate of drug-likeness (QED) is 0.812. The summed E-state index contributed by atoms with van der Waals surface area (Å²) >= 11 is 5.73. The van der Waals surface area contributed by atoms with Gasteiger partial charge in [0.2, 0.25) is 11.9 Å². The van der Waals surface area contributed by atoms with Crippen LogP contribution in [0.5, 0.6) is 0 Å². The Labute approximate surface area is 119 Å². The van der Waals surface area contributed by atoms with E-state index in [0.29, 0.717) is 24.2 Å². The number of ether oxygens (including phenoxy) is 1. The molecule has 0 aliphatic heterocycles. The van der Waals surface area contributed by atoms with E-state index in [-0.39, 0.29) is 23.4 Å². The van der Waals surface area contributed by atoms with Crippen molar-refractivity contribution in [3.63, 3.8) is 0 Å². The van der Waals surface area contributed by atoms with Gasteiger partial charge < -0.3 is 20.4 Å². The number of nitrogen functional groups attached to an aromatic ring is 1. The van der Waals surface area contributed by atoms with Crippen LogP contribution in [0.4, 0.5) is 10.3 Å². The largest absolute Gasteiger partial charge is 0.383 e. The van der Waals surface area contributed by atoms with Gasteiger partial charge >= 0.3 is 0 Å². The summed E-state index contributed by atoms with van der Waals surface area (Å²) in [6, 6.07) is 2.59. The fourth-order valence-electron chi connectivity index (χ4n) is 1.80. The second-order valence-corrected chi connectivity index (χ2v) is 4.56. The Kier molecular flexibility index (Phi) is 4.41. The standard InChI is InChI=1S/C12H14ClFN4O2/c1-20-3-2-16-11(19)6-18-10-4-7(13)8(14)5-9(10)17-12(18)15/h4-5H,2-3,6H2,1H3,(H2,15,17)(H,16,19). The fourth-order valence-corrected chi connectivity index (χ4v) is 1.95. The number of nitrogens with zero attached hydrogens (tertiary/aromatic N) is 2. The third-order valence-corrected chi connectivity index (χ3v) is 3.04. The summed E-state index contributed by atoms with van der Waals surface area (Å²) in [4.78, 5) is 15.8. The lowest BCUT2D eigenvalue weighted by Crippen LogP contribution is -2.30. The van der Waals surface area contributed by atoms with Crippen LogP contribution in [0.3, 0.4) is 0 Å². The van der Waals surface area contributed by atoms with Gasteiger partial charge in [-0.25, -0.2) is 9.37 Å². The maximum absolute atomic E-state index is 13.3. The molecule has 2 rings (SSSR count). The number of rotatable bonds is 5. The highest BCUT2D eigenvalue weighted by Gasteiger charge is 2.14. The van der Waals surface area contributed by atoms with Crippen LogP contribution in [-0.4, -0.2) is 35.7 Å². The normalized spacial score (nSPS) is 10.9. The Hall–Kier alpha value is -1.86. The van der Waals surface area contributed by atoms with Gasteiger partial charge in [-0.2, -0.15) is 0 Å². The van der Waals surface area contributed by atoms with Crippen LogP contribution in [0, 0.1) is 5.82 Å². The minimum atomic E-state index is -0.576. The van der Waals surface area contributed by atoms with E-state index in [9.17, 15) is 9.18 Å². The Morgan fingerprint density at radius 3 is 3.05 bits per heavy atom. The van der Waals surface area contributed by atoms with E-state index < -0.39 is 5.82 Å². The van der Waals surface area contributed by atoms with Gasteiger partial charge in [0.25, 0.3) is 0 Å². The molecular weight excluding hydrogens is 287 g/mol. The number of methoxy groups -OCH3 is 1. The molecular formula is C12H14ClFN4O2. The molecule has 3 N–H and O–H groups in total. The molecule has 0 spiro atoms. The van der Waals surface area contributed by atoms with Crippen molar-refractivity contribution in [3.05, 3.63) is 23.0 Å². The summed E-state index contributed by atoms with van der Waals surface area (Å²) in [5.41, 5.74) is 6.60. The summed E-state index contributed by atoms with van der Waals surface area (Å²) in [6.07, 6.45) is 0. The number of nitrogens with two attached hydrogens (primary N) is 1. The molecule has 0 aliphatic carbocycles. The molecule has 0 fully saturated rings. The first-order valence-corrected chi connectivity index (χ1v) is 6.27. The molecule has 2 aromatic rings. The minimum absolute atomic E-state index is 0.0198. The lowest BCUT2D eigenvalue weighted by atomic mass is 10.3. The molecule has 108 valence electrons. The lowest BCUT2D eigenvalue weighted by Gasteiger charge is -2.07. The molecule has 0 saturated heterocycles. The van der Waals surface area contributed by atoms with Crippen LogP contribution in [0.15, 0.2) is 12.1 Å². The lowest BCUT2D eigenvalue weighted by molar-refractivity contribution is -0.121. The summed E-state index contributed by atoms with van der Waals surface area (Å²) in [5, 5.41) is 2.62. The molecule has 6 nitrogen and oxygen atoms in total. The van der Waals surface area contributed by atoms with Crippen LogP contribution < -0.4 is 11.1 Å². The summed E-state index contributed by atoms with van der Waals surface area (Å²) in [5.74, 6) is -0.689. The molecule has 0 aliphatic rings. The van der Waals surface area contributed by atoms with Crippen molar-refractivity contribution in [1.29, 1.82) is 0 Å². The number of hydrogen-bond donors (Lipinski definition) is 2. The smallest absolute Gasteiger partial charge is 0.240 e. The molecule has 0 saturated carbocycles. The third kappa shape index (κ3) is 3.00. The van der Waals surface area contributed by atoms with Crippen molar-refractivity contribution in [2.45, 2.75) is 6.54 Å². The van der Waals surface area contributed by atoms with Crippen molar-refractivity contribution in [2.75, 3.05) is 26.0 Å². The van der Waals surface area contributed by atoms with Gasteiger partial charge in [-0.05, 0) is 6.07 Å². The second-order valence-electron chi connectivity index (χ2n) is 4.15. The van der Waals surface area contributed by atoms with Gasteiger partial charge in [-0.15, -0.1) is 0 Å². The predicted molar refractivity (Wildman–Crippen MR) is 74.0 cm³/mol. The first-order valence-electron chi connectivity index (χ1n) is 5.89. The predicted octanol–water partition coefficient (Wildman–Crippen LogP) is 1.17. The van der Waals surface area contributed by atoms with Gasteiger partial charge in [0, 0.05) is 19.7 Å². The van der Waals surface area contributed by atoms with E-state index in [4.69, 9.17) is 22.1 Å². The van der Waals surface area contributed by atoms with Crippen molar-refractivity contribution in [1.82, 2.24) is 14.9 Å². The Bertz CT molecular complexity index is 644. The number of halogens is 2. The van der Waals surface area contributed by atoms with Gasteiger partial charge in [0.05, 0.1) is 22.7 Å². The highest BCUT2D eigenvalue weighted by atomic mass is 35.5. The van der Waals surface area contributed by atoms with E-state index >= 15 is 0 Å². The maximum Gasteiger partial charge on any atom is 0.240 e. The molecule has 0 unspecified atom stereocenters. The number of fused-ring (bicyclic) bond motifs is 1. The molecule has 0 atom stereocenters. The maximum atomic E-state index is 13.3. The average molecular weight is 301 g/mol. The molecule has 1 aromatic carbocycles. The molecule has 20 heavy (non-hydrogen) atoms. The number of nitrogens with one attached hydrogen (secondary N) is 1. The number of benzene rings is 1. The van der Waals surface area contributed by atoms with Crippen LogP contribution >= 0.6 is 11.6 Å². The molecule has 0 bridgehead atoms.